The second kappa shape index (κ2) is 8.94. The number of hydrogen-bond acceptors (Lipinski definition) is 5. The molecule has 0 atom stereocenters. The second-order valence-corrected chi connectivity index (χ2v) is 10.1. The number of alkyl halides is 3. The Morgan fingerprint density at radius 1 is 0.743 bits per heavy atom. The standard InChI is InChI=1S/C25H21F3N4O2S/c26-25(27,28)19-9-6-10-20(17-19)35(33,34)32-15-13-31(14-16-32)24-23(18-7-2-1-3-8-18)29-21-11-4-5-12-22(21)30-24/h1-12,17H,13-16H2. The Balaban J connectivity index is 1.43. The number of nitrogens with zero attached hydrogens (tertiary/aromatic N) is 4. The van der Waals surface area contributed by atoms with E-state index in [2.05, 4.69) is 0 Å². The quantitative estimate of drug-likeness (QED) is 0.403. The molecule has 0 N–H and O–H groups in total. The number of aromatic nitrogens is 2. The second-order valence-electron chi connectivity index (χ2n) is 8.17. The number of fused-ring (bicyclic) bond motifs is 1. The summed E-state index contributed by atoms with van der Waals surface area (Å²) in [5.74, 6) is 0.644. The van der Waals surface area contributed by atoms with E-state index >= 15 is 0 Å². The minimum absolute atomic E-state index is 0.112. The van der Waals surface area contributed by atoms with E-state index in [1.807, 2.05) is 59.5 Å². The highest BCUT2D eigenvalue weighted by Gasteiger charge is 2.34. The molecule has 6 nitrogen and oxygen atoms in total. The summed E-state index contributed by atoms with van der Waals surface area (Å²) in [7, 11) is -4.08. The van der Waals surface area contributed by atoms with Crippen molar-refractivity contribution in [1.82, 2.24) is 14.3 Å². The fourth-order valence-electron chi connectivity index (χ4n) is 4.12. The maximum atomic E-state index is 13.1. The van der Waals surface area contributed by atoms with Gasteiger partial charge in [0.1, 0.15) is 5.69 Å². The van der Waals surface area contributed by atoms with Gasteiger partial charge in [-0.15, -0.1) is 0 Å². The largest absolute Gasteiger partial charge is 0.416 e. The van der Waals surface area contributed by atoms with Crippen LogP contribution in [0.2, 0.25) is 0 Å². The number of rotatable bonds is 4. The molecule has 180 valence electrons. The summed E-state index contributed by atoms with van der Waals surface area (Å²) in [5.41, 5.74) is 2.07. The van der Waals surface area contributed by atoms with Gasteiger partial charge in [-0.25, -0.2) is 18.4 Å². The molecule has 2 heterocycles. The van der Waals surface area contributed by atoms with Gasteiger partial charge in [0.05, 0.1) is 21.5 Å². The third-order valence-electron chi connectivity index (χ3n) is 5.94. The Hall–Kier alpha value is -3.50. The van der Waals surface area contributed by atoms with Crippen molar-refractivity contribution in [2.24, 2.45) is 0 Å². The lowest BCUT2D eigenvalue weighted by Gasteiger charge is -2.35. The molecule has 0 saturated carbocycles. The molecule has 0 aliphatic carbocycles. The van der Waals surface area contributed by atoms with Crippen LogP contribution in [0.15, 0.2) is 83.8 Å². The van der Waals surface area contributed by atoms with Crippen LogP contribution in [0, 0.1) is 0 Å². The SMILES string of the molecule is O=S(=O)(c1cccc(C(F)(F)F)c1)N1CCN(c2nc3ccccc3nc2-c2ccccc2)CC1. The lowest BCUT2D eigenvalue weighted by molar-refractivity contribution is -0.137. The summed E-state index contributed by atoms with van der Waals surface area (Å²) in [6.07, 6.45) is -4.62. The van der Waals surface area contributed by atoms with Gasteiger partial charge in [0.2, 0.25) is 10.0 Å². The molecule has 0 radical (unpaired) electrons. The molecule has 0 spiro atoms. The highest BCUT2D eigenvalue weighted by Crippen LogP contribution is 2.33. The van der Waals surface area contributed by atoms with E-state index in [4.69, 9.17) is 9.97 Å². The van der Waals surface area contributed by atoms with Crippen LogP contribution >= 0.6 is 0 Å². The summed E-state index contributed by atoms with van der Waals surface area (Å²) < 4.78 is 66.7. The van der Waals surface area contributed by atoms with E-state index in [1.165, 1.54) is 10.4 Å². The van der Waals surface area contributed by atoms with Gasteiger partial charge in [-0.2, -0.15) is 17.5 Å². The molecule has 0 unspecified atom stereocenters. The van der Waals surface area contributed by atoms with Crippen LogP contribution < -0.4 is 4.90 Å². The van der Waals surface area contributed by atoms with E-state index < -0.39 is 21.8 Å². The predicted molar refractivity (Wildman–Crippen MR) is 127 cm³/mol. The van der Waals surface area contributed by atoms with Crippen LogP contribution in [0.5, 0.6) is 0 Å². The first-order chi connectivity index (χ1) is 16.7. The maximum Gasteiger partial charge on any atom is 0.416 e. The molecule has 10 heteroatoms. The van der Waals surface area contributed by atoms with Gasteiger partial charge in [0.15, 0.2) is 5.82 Å². The van der Waals surface area contributed by atoms with Gasteiger partial charge in [-0.1, -0.05) is 48.5 Å². The normalized spacial score (nSPS) is 15.5. The first kappa shape index (κ1) is 23.3. The fraction of sp³-hybridized carbons (Fsp3) is 0.200. The lowest BCUT2D eigenvalue weighted by atomic mass is 10.1. The average Bonchev–Trinajstić information content (AvgIpc) is 2.88. The summed E-state index contributed by atoms with van der Waals surface area (Å²) >= 11 is 0. The van der Waals surface area contributed by atoms with E-state index in [1.54, 1.807) is 0 Å². The molecular weight excluding hydrogens is 477 g/mol. The number of sulfonamides is 1. The third-order valence-corrected chi connectivity index (χ3v) is 7.83. The van der Waals surface area contributed by atoms with Crippen molar-refractivity contribution in [3.63, 3.8) is 0 Å². The van der Waals surface area contributed by atoms with E-state index in [-0.39, 0.29) is 18.0 Å². The monoisotopic (exact) mass is 498 g/mol. The van der Waals surface area contributed by atoms with Crippen LogP contribution in [0.25, 0.3) is 22.3 Å². The molecule has 35 heavy (non-hydrogen) atoms. The minimum atomic E-state index is -4.62. The Kier molecular flexibility index (Phi) is 5.94. The van der Waals surface area contributed by atoms with Crippen molar-refractivity contribution in [2.45, 2.75) is 11.1 Å². The molecule has 0 amide bonds. The molecular formula is C25H21F3N4O2S. The summed E-state index contributed by atoms with van der Waals surface area (Å²) in [4.78, 5) is 11.3. The smallest absolute Gasteiger partial charge is 0.352 e. The molecule has 1 fully saturated rings. The summed E-state index contributed by atoms with van der Waals surface area (Å²) in [6, 6.07) is 21.0. The van der Waals surface area contributed by atoms with E-state index in [0.29, 0.717) is 30.7 Å². The number of benzene rings is 3. The summed E-state index contributed by atoms with van der Waals surface area (Å²) in [5, 5.41) is 0. The number of halogens is 3. The predicted octanol–water partition coefficient (Wildman–Crippen LogP) is 4.83. The van der Waals surface area contributed by atoms with Crippen LogP contribution in [-0.2, 0) is 16.2 Å². The first-order valence-corrected chi connectivity index (χ1v) is 12.4. The van der Waals surface area contributed by atoms with Crippen molar-refractivity contribution in [2.75, 3.05) is 31.1 Å². The average molecular weight is 499 g/mol. The number of hydrogen-bond donors (Lipinski definition) is 0. The van der Waals surface area contributed by atoms with Gasteiger partial charge in [-0.3, -0.25) is 0 Å². The molecule has 1 aliphatic heterocycles. The van der Waals surface area contributed by atoms with Crippen molar-refractivity contribution < 1.29 is 21.6 Å². The Morgan fingerprint density at radius 2 is 1.37 bits per heavy atom. The van der Waals surface area contributed by atoms with Gasteiger partial charge < -0.3 is 4.90 Å². The Bertz CT molecular complexity index is 1470. The van der Waals surface area contributed by atoms with Crippen molar-refractivity contribution in [1.29, 1.82) is 0 Å². The highest BCUT2D eigenvalue weighted by molar-refractivity contribution is 7.89. The van der Waals surface area contributed by atoms with Gasteiger partial charge in [0.25, 0.3) is 0 Å². The molecule has 5 rings (SSSR count). The van der Waals surface area contributed by atoms with Crippen molar-refractivity contribution in [3.8, 4) is 11.3 Å². The Labute approximate surface area is 200 Å². The zero-order valence-corrected chi connectivity index (χ0v) is 19.3. The molecule has 0 bridgehead atoms. The zero-order valence-electron chi connectivity index (χ0n) is 18.5. The van der Waals surface area contributed by atoms with Crippen LogP contribution in [-0.4, -0.2) is 48.9 Å². The van der Waals surface area contributed by atoms with E-state index in [0.717, 1.165) is 28.7 Å². The molecule has 1 aliphatic rings. The van der Waals surface area contributed by atoms with Crippen LogP contribution in [0.1, 0.15) is 5.56 Å². The van der Waals surface area contributed by atoms with Crippen LogP contribution in [0.3, 0.4) is 0 Å². The molecule has 1 saturated heterocycles. The van der Waals surface area contributed by atoms with Crippen LogP contribution in [0.4, 0.5) is 19.0 Å². The zero-order chi connectivity index (χ0) is 24.6. The fourth-order valence-corrected chi connectivity index (χ4v) is 5.59. The van der Waals surface area contributed by atoms with Crippen molar-refractivity contribution >= 4 is 26.9 Å². The highest BCUT2D eigenvalue weighted by atomic mass is 32.2. The van der Waals surface area contributed by atoms with Gasteiger partial charge >= 0.3 is 6.18 Å². The molecule has 3 aromatic carbocycles. The lowest BCUT2D eigenvalue weighted by Crippen LogP contribution is -2.49. The van der Waals surface area contributed by atoms with Gasteiger partial charge in [-0.05, 0) is 30.3 Å². The molecule has 1 aromatic heterocycles. The van der Waals surface area contributed by atoms with Crippen molar-refractivity contribution in [3.05, 3.63) is 84.4 Å². The third kappa shape index (κ3) is 4.59. The number of para-hydroxylation sites is 2. The molecule has 4 aromatic rings. The first-order valence-electron chi connectivity index (χ1n) is 11.0. The topological polar surface area (TPSA) is 66.4 Å². The number of anilines is 1. The number of piperazine rings is 1. The minimum Gasteiger partial charge on any atom is -0.352 e. The Morgan fingerprint density at radius 3 is 2.03 bits per heavy atom. The van der Waals surface area contributed by atoms with E-state index in [9.17, 15) is 21.6 Å². The maximum absolute atomic E-state index is 13.1. The summed E-state index contributed by atoms with van der Waals surface area (Å²) in [6.45, 7) is 0.874. The van der Waals surface area contributed by atoms with Gasteiger partial charge in [0, 0.05) is 31.7 Å².